The third-order valence-electron chi connectivity index (χ3n) is 7.01. The standard InChI is InChI=1S/C32H40FN3O6S/c1-7-28(32(38)34-19-22(2)3)35(20-24-11-9-8-10-23(24)4)31(37)21-36(26-14-12-25(33)13-15-26)43(39,40)27-16-17-29(41-5)30(18-27)42-6/h8-18,22,28H,7,19-21H2,1-6H3,(H,34,38). The van der Waals surface area contributed by atoms with Crippen LogP contribution in [-0.4, -0.2) is 58.5 Å². The summed E-state index contributed by atoms with van der Waals surface area (Å²) in [5.41, 5.74) is 1.82. The van der Waals surface area contributed by atoms with Gasteiger partial charge < -0.3 is 19.7 Å². The number of hydrogen-bond acceptors (Lipinski definition) is 6. The van der Waals surface area contributed by atoms with Gasteiger partial charge in [-0.3, -0.25) is 13.9 Å². The van der Waals surface area contributed by atoms with Crippen LogP contribution in [0.3, 0.4) is 0 Å². The fraction of sp³-hybridized carbons (Fsp3) is 0.375. The zero-order valence-corrected chi connectivity index (χ0v) is 26.3. The normalized spacial score (nSPS) is 12.0. The first kappa shape index (κ1) is 33.4. The van der Waals surface area contributed by atoms with E-state index in [9.17, 15) is 22.4 Å². The largest absolute Gasteiger partial charge is 0.493 e. The summed E-state index contributed by atoms with van der Waals surface area (Å²) in [4.78, 5) is 28.8. The number of halogens is 1. The summed E-state index contributed by atoms with van der Waals surface area (Å²) in [6.07, 6.45) is 0.306. The van der Waals surface area contributed by atoms with Gasteiger partial charge in [-0.25, -0.2) is 12.8 Å². The Balaban J connectivity index is 2.09. The van der Waals surface area contributed by atoms with Gasteiger partial charge >= 0.3 is 0 Å². The zero-order valence-electron chi connectivity index (χ0n) is 25.5. The molecular formula is C32H40FN3O6S. The number of rotatable bonds is 14. The van der Waals surface area contributed by atoms with Crippen molar-refractivity contribution in [2.45, 2.75) is 51.6 Å². The van der Waals surface area contributed by atoms with Crippen molar-refractivity contribution in [2.75, 3.05) is 31.6 Å². The van der Waals surface area contributed by atoms with Crippen molar-refractivity contribution in [1.82, 2.24) is 10.2 Å². The van der Waals surface area contributed by atoms with Gasteiger partial charge in [0.2, 0.25) is 11.8 Å². The molecule has 0 saturated carbocycles. The molecule has 11 heteroatoms. The number of anilines is 1. The molecule has 1 N–H and O–H groups in total. The van der Waals surface area contributed by atoms with Gasteiger partial charge in [-0.2, -0.15) is 0 Å². The Hall–Kier alpha value is -4.12. The lowest BCUT2D eigenvalue weighted by molar-refractivity contribution is -0.140. The van der Waals surface area contributed by atoms with Crippen molar-refractivity contribution in [3.8, 4) is 11.5 Å². The highest BCUT2D eigenvalue weighted by Crippen LogP contribution is 2.32. The summed E-state index contributed by atoms with van der Waals surface area (Å²) in [7, 11) is -1.57. The second kappa shape index (κ2) is 14.9. The van der Waals surface area contributed by atoms with Gasteiger partial charge in [0.25, 0.3) is 10.0 Å². The van der Waals surface area contributed by atoms with Gasteiger partial charge in [0.15, 0.2) is 11.5 Å². The summed E-state index contributed by atoms with van der Waals surface area (Å²) >= 11 is 0. The zero-order chi connectivity index (χ0) is 31.7. The Morgan fingerprint density at radius 1 is 0.953 bits per heavy atom. The highest BCUT2D eigenvalue weighted by Gasteiger charge is 2.34. The molecular weight excluding hydrogens is 573 g/mol. The minimum Gasteiger partial charge on any atom is -0.493 e. The van der Waals surface area contributed by atoms with Crippen molar-refractivity contribution in [2.24, 2.45) is 5.92 Å². The number of ether oxygens (including phenoxy) is 2. The average molecular weight is 614 g/mol. The van der Waals surface area contributed by atoms with E-state index in [1.165, 1.54) is 49.5 Å². The Kier molecular flexibility index (Phi) is 11.5. The maximum absolute atomic E-state index is 14.2. The minimum atomic E-state index is -4.38. The van der Waals surface area contributed by atoms with E-state index in [1.54, 1.807) is 6.92 Å². The minimum absolute atomic E-state index is 0.0812. The van der Waals surface area contributed by atoms with Crippen LogP contribution in [0.1, 0.15) is 38.3 Å². The molecule has 0 heterocycles. The van der Waals surface area contributed by atoms with E-state index in [0.29, 0.717) is 18.7 Å². The van der Waals surface area contributed by atoms with Crippen LogP contribution in [0.15, 0.2) is 71.6 Å². The van der Waals surface area contributed by atoms with E-state index in [1.807, 2.05) is 45.0 Å². The molecule has 0 saturated heterocycles. The van der Waals surface area contributed by atoms with Crippen LogP contribution in [0.25, 0.3) is 0 Å². The number of nitrogens with one attached hydrogen (secondary N) is 1. The number of amides is 2. The van der Waals surface area contributed by atoms with Gasteiger partial charge in [-0.05, 0) is 66.8 Å². The SMILES string of the molecule is CCC(C(=O)NCC(C)C)N(Cc1ccccc1C)C(=O)CN(c1ccc(F)cc1)S(=O)(=O)c1ccc(OC)c(OC)c1. The topological polar surface area (TPSA) is 105 Å². The lowest BCUT2D eigenvalue weighted by atomic mass is 10.1. The fourth-order valence-corrected chi connectivity index (χ4v) is 5.98. The van der Waals surface area contributed by atoms with Crippen LogP contribution in [-0.2, 0) is 26.2 Å². The number of benzene rings is 3. The predicted molar refractivity (Wildman–Crippen MR) is 164 cm³/mol. The van der Waals surface area contributed by atoms with Crippen LogP contribution in [0.2, 0.25) is 0 Å². The number of nitrogens with zero attached hydrogens (tertiary/aromatic N) is 2. The van der Waals surface area contributed by atoms with Crippen molar-refractivity contribution in [3.63, 3.8) is 0 Å². The number of carbonyl (C=O) groups is 2. The van der Waals surface area contributed by atoms with Gasteiger partial charge in [-0.15, -0.1) is 0 Å². The molecule has 43 heavy (non-hydrogen) atoms. The van der Waals surface area contributed by atoms with Crippen LogP contribution >= 0.6 is 0 Å². The van der Waals surface area contributed by atoms with Crippen LogP contribution < -0.4 is 19.1 Å². The van der Waals surface area contributed by atoms with Crippen molar-refractivity contribution < 1.29 is 31.9 Å². The molecule has 3 aromatic rings. The van der Waals surface area contributed by atoms with Crippen LogP contribution in [0, 0.1) is 18.7 Å². The molecule has 3 rings (SSSR count). The molecule has 0 aliphatic rings. The molecule has 0 bridgehead atoms. The molecule has 2 amide bonds. The molecule has 9 nitrogen and oxygen atoms in total. The quantitative estimate of drug-likeness (QED) is 0.277. The van der Waals surface area contributed by atoms with Crippen molar-refractivity contribution >= 4 is 27.5 Å². The Morgan fingerprint density at radius 2 is 1.60 bits per heavy atom. The number of hydrogen-bond donors (Lipinski definition) is 1. The summed E-state index contributed by atoms with van der Waals surface area (Å²) in [6, 6.07) is 15.6. The lowest BCUT2D eigenvalue weighted by Gasteiger charge is -2.33. The summed E-state index contributed by atoms with van der Waals surface area (Å²) < 4.78 is 53.5. The van der Waals surface area contributed by atoms with Crippen LogP contribution in [0.5, 0.6) is 11.5 Å². The Bertz CT molecular complexity index is 1510. The number of aryl methyl sites for hydroxylation is 1. The molecule has 1 unspecified atom stereocenters. The smallest absolute Gasteiger partial charge is 0.264 e. The van der Waals surface area contributed by atoms with Gasteiger partial charge in [0.1, 0.15) is 18.4 Å². The van der Waals surface area contributed by atoms with E-state index in [-0.39, 0.29) is 34.7 Å². The monoisotopic (exact) mass is 613 g/mol. The molecule has 0 aliphatic carbocycles. The van der Waals surface area contributed by atoms with Crippen LogP contribution in [0.4, 0.5) is 10.1 Å². The second-order valence-electron chi connectivity index (χ2n) is 10.5. The number of sulfonamides is 1. The molecule has 0 radical (unpaired) electrons. The first-order valence-corrected chi connectivity index (χ1v) is 15.5. The highest BCUT2D eigenvalue weighted by atomic mass is 32.2. The molecule has 3 aromatic carbocycles. The first-order valence-electron chi connectivity index (χ1n) is 14.0. The molecule has 0 spiro atoms. The van der Waals surface area contributed by atoms with Gasteiger partial charge in [0.05, 0.1) is 24.8 Å². The summed E-state index contributed by atoms with van der Waals surface area (Å²) in [6.45, 7) is 7.53. The fourth-order valence-electron chi connectivity index (χ4n) is 4.55. The number of methoxy groups -OCH3 is 2. The third-order valence-corrected chi connectivity index (χ3v) is 8.78. The summed E-state index contributed by atoms with van der Waals surface area (Å²) in [5, 5.41) is 2.91. The Morgan fingerprint density at radius 3 is 2.19 bits per heavy atom. The number of carbonyl (C=O) groups excluding carboxylic acids is 2. The van der Waals surface area contributed by atoms with Gasteiger partial charge in [0, 0.05) is 19.2 Å². The average Bonchev–Trinajstić information content (AvgIpc) is 2.99. The van der Waals surface area contributed by atoms with E-state index in [0.717, 1.165) is 27.6 Å². The van der Waals surface area contributed by atoms with Crippen molar-refractivity contribution in [3.05, 3.63) is 83.7 Å². The molecule has 0 fully saturated rings. The highest BCUT2D eigenvalue weighted by molar-refractivity contribution is 7.92. The van der Waals surface area contributed by atoms with E-state index >= 15 is 0 Å². The Labute approximate surface area is 253 Å². The van der Waals surface area contributed by atoms with Gasteiger partial charge in [-0.1, -0.05) is 45.0 Å². The second-order valence-corrected chi connectivity index (χ2v) is 12.4. The molecule has 1 atom stereocenters. The van der Waals surface area contributed by atoms with Crippen molar-refractivity contribution in [1.29, 1.82) is 0 Å². The maximum Gasteiger partial charge on any atom is 0.264 e. The molecule has 0 aromatic heterocycles. The lowest BCUT2D eigenvalue weighted by Crippen LogP contribution is -2.52. The first-order chi connectivity index (χ1) is 20.4. The van der Waals surface area contributed by atoms with E-state index in [4.69, 9.17) is 9.47 Å². The van der Waals surface area contributed by atoms with E-state index in [2.05, 4.69) is 5.32 Å². The predicted octanol–water partition coefficient (Wildman–Crippen LogP) is 4.93. The third kappa shape index (κ3) is 8.25. The molecule has 232 valence electrons. The molecule has 0 aliphatic heterocycles. The maximum atomic E-state index is 14.2. The summed E-state index contributed by atoms with van der Waals surface area (Å²) in [5.74, 6) is -0.774. The van der Waals surface area contributed by atoms with E-state index < -0.39 is 34.3 Å².